The molecule has 142 valence electrons. The molecule has 0 aliphatic carbocycles. The fourth-order valence-electron chi connectivity index (χ4n) is 1.95. The van der Waals surface area contributed by atoms with Gasteiger partial charge in [0, 0.05) is 11.4 Å². The van der Waals surface area contributed by atoms with Gasteiger partial charge in [0.2, 0.25) is 0 Å². The summed E-state index contributed by atoms with van der Waals surface area (Å²) in [6.07, 6.45) is 1.51. The van der Waals surface area contributed by atoms with E-state index in [0.29, 0.717) is 10.9 Å². The van der Waals surface area contributed by atoms with Gasteiger partial charge in [0.25, 0.3) is 5.91 Å². The third-order valence-corrected chi connectivity index (χ3v) is 4.01. The highest BCUT2D eigenvalue weighted by molar-refractivity contribution is 7.99. The van der Waals surface area contributed by atoms with Crippen LogP contribution >= 0.6 is 11.8 Å². The second kappa shape index (κ2) is 10.3. The lowest BCUT2D eigenvalue weighted by Gasteiger charge is -2.04. The van der Waals surface area contributed by atoms with Crippen LogP contribution in [0, 0.1) is 13.8 Å². The minimum Gasteiger partial charge on any atom is -0.482 e. The van der Waals surface area contributed by atoms with Crippen molar-refractivity contribution in [3.63, 3.8) is 0 Å². The summed E-state index contributed by atoms with van der Waals surface area (Å²) in [5.41, 5.74) is 4.95. The van der Waals surface area contributed by atoms with Crippen molar-refractivity contribution in [2.45, 2.75) is 19.0 Å². The zero-order chi connectivity index (χ0) is 19.6. The van der Waals surface area contributed by atoms with E-state index in [4.69, 9.17) is 4.74 Å². The number of benzene rings is 1. The first-order chi connectivity index (χ1) is 13.0. The molecule has 2 rings (SSSR count). The number of rotatable bonds is 8. The summed E-state index contributed by atoms with van der Waals surface area (Å²) >= 11 is 1.25. The minimum atomic E-state index is -0.451. The molecule has 0 unspecified atom stereocenters. The zero-order valence-corrected chi connectivity index (χ0v) is 16.1. The quantitative estimate of drug-likeness (QED) is 0.242. The molecule has 0 radical (unpaired) electrons. The molecule has 0 aliphatic rings. The van der Waals surface area contributed by atoms with E-state index in [1.165, 1.54) is 25.1 Å². The van der Waals surface area contributed by atoms with Gasteiger partial charge in [-0.25, -0.2) is 20.2 Å². The molecule has 0 atom stereocenters. The molecule has 1 heterocycles. The topological polar surface area (TPSA) is 103 Å². The number of aromatic nitrogens is 2. The largest absolute Gasteiger partial charge is 0.482 e. The Balaban J connectivity index is 1.77. The lowest BCUT2D eigenvalue weighted by molar-refractivity contribution is -0.142. The number of ether oxygens (including phenoxy) is 2. The lowest BCUT2D eigenvalue weighted by Crippen LogP contribution is -2.19. The Bertz CT molecular complexity index is 804. The van der Waals surface area contributed by atoms with E-state index in [0.717, 1.165) is 17.0 Å². The van der Waals surface area contributed by atoms with Crippen LogP contribution in [0.3, 0.4) is 0 Å². The molecule has 27 heavy (non-hydrogen) atoms. The molecule has 0 aliphatic heterocycles. The number of amides is 1. The molecule has 2 aromatic rings. The first-order valence-electron chi connectivity index (χ1n) is 8.03. The van der Waals surface area contributed by atoms with E-state index in [1.807, 2.05) is 19.9 Å². The summed E-state index contributed by atoms with van der Waals surface area (Å²) in [6, 6.07) is 8.76. The van der Waals surface area contributed by atoms with Crippen molar-refractivity contribution in [2.24, 2.45) is 5.10 Å². The van der Waals surface area contributed by atoms with Gasteiger partial charge in [-0.3, -0.25) is 4.79 Å². The third-order valence-electron chi connectivity index (χ3n) is 3.16. The Labute approximate surface area is 161 Å². The molecule has 1 N–H and O–H groups in total. The Hall–Kier alpha value is -2.94. The van der Waals surface area contributed by atoms with E-state index in [2.05, 4.69) is 25.2 Å². The lowest BCUT2D eigenvalue weighted by atomic mass is 10.2. The number of aryl methyl sites for hydroxylation is 2. The maximum Gasteiger partial charge on any atom is 0.343 e. The van der Waals surface area contributed by atoms with Crippen LogP contribution in [0.15, 0.2) is 40.6 Å². The number of hydrazone groups is 1. The average Bonchev–Trinajstić information content (AvgIpc) is 2.64. The van der Waals surface area contributed by atoms with Crippen molar-refractivity contribution in [1.82, 2.24) is 15.4 Å². The SMILES string of the molecule is COC(=O)COc1ccc(/C=N\NC(=O)CSc2nc(C)cc(C)n2)cc1. The Morgan fingerprint density at radius 1 is 1.19 bits per heavy atom. The summed E-state index contributed by atoms with van der Waals surface area (Å²) < 4.78 is 9.74. The fourth-order valence-corrected chi connectivity index (χ4v) is 2.69. The molecule has 0 fully saturated rings. The van der Waals surface area contributed by atoms with E-state index in [1.54, 1.807) is 24.3 Å². The number of nitrogens with zero attached hydrogens (tertiary/aromatic N) is 3. The number of methoxy groups -OCH3 is 1. The highest BCUT2D eigenvalue weighted by atomic mass is 32.2. The van der Waals surface area contributed by atoms with Gasteiger partial charge >= 0.3 is 5.97 Å². The Kier molecular flexibility index (Phi) is 7.75. The average molecular weight is 388 g/mol. The maximum atomic E-state index is 11.8. The number of thioether (sulfide) groups is 1. The molecule has 0 saturated carbocycles. The van der Waals surface area contributed by atoms with Crippen LogP contribution in [0.4, 0.5) is 0 Å². The first-order valence-corrected chi connectivity index (χ1v) is 9.01. The van der Waals surface area contributed by atoms with Crippen LogP contribution in [-0.2, 0) is 14.3 Å². The number of nitrogens with one attached hydrogen (secondary N) is 1. The molecule has 1 amide bonds. The molecule has 0 saturated heterocycles. The van der Waals surface area contributed by atoms with Gasteiger partial charge in [0.1, 0.15) is 5.75 Å². The summed E-state index contributed by atoms with van der Waals surface area (Å²) in [7, 11) is 1.30. The maximum absolute atomic E-state index is 11.8. The van der Waals surface area contributed by atoms with Gasteiger partial charge in [-0.05, 0) is 49.7 Å². The molecule has 0 bridgehead atoms. The summed E-state index contributed by atoms with van der Waals surface area (Å²) in [5.74, 6) is -0.00324. The number of hydrogen-bond donors (Lipinski definition) is 1. The van der Waals surface area contributed by atoms with Crippen molar-refractivity contribution in [1.29, 1.82) is 0 Å². The Morgan fingerprint density at radius 2 is 1.85 bits per heavy atom. The standard InChI is InChI=1S/C18H20N4O4S/c1-12-8-13(2)21-18(20-12)27-11-16(23)22-19-9-14-4-6-15(7-5-14)26-10-17(24)25-3/h4-9H,10-11H2,1-3H3,(H,22,23)/b19-9-. The highest BCUT2D eigenvalue weighted by Gasteiger charge is 2.05. The van der Waals surface area contributed by atoms with Crippen LogP contribution in [0.5, 0.6) is 5.75 Å². The van der Waals surface area contributed by atoms with Crippen LogP contribution in [0.1, 0.15) is 17.0 Å². The van der Waals surface area contributed by atoms with Gasteiger partial charge in [0.05, 0.1) is 19.1 Å². The zero-order valence-electron chi connectivity index (χ0n) is 15.3. The van der Waals surface area contributed by atoms with Crippen LogP contribution < -0.4 is 10.2 Å². The van der Waals surface area contributed by atoms with Crippen molar-refractivity contribution in [3.8, 4) is 5.75 Å². The Morgan fingerprint density at radius 3 is 2.48 bits per heavy atom. The normalized spacial score (nSPS) is 10.6. The molecule has 0 spiro atoms. The monoisotopic (exact) mass is 388 g/mol. The van der Waals surface area contributed by atoms with Crippen molar-refractivity contribution in [3.05, 3.63) is 47.3 Å². The van der Waals surface area contributed by atoms with Crippen molar-refractivity contribution < 1.29 is 19.1 Å². The van der Waals surface area contributed by atoms with Gasteiger partial charge in [-0.1, -0.05) is 11.8 Å². The van der Waals surface area contributed by atoms with Crippen LogP contribution in [0.25, 0.3) is 0 Å². The second-order valence-electron chi connectivity index (χ2n) is 5.45. The fraction of sp³-hybridized carbons (Fsp3) is 0.278. The van der Waals surface area contributed by atoms with Crippen LogP contribution in [-0.4, -0.2) is 47.5 Å². The van der Waals surface area contributed by atoms with E-state index < -0.39 is 5.97 Å². The molecule has 1 aromatic heterocycles. The molecular formula is C18H20N4O4S. The van der Waals surface area contributed by atoms with E-state index in [9.17, 15) is 9.59 Å². The van der Waals surface area contributed by atoms with Gasteiger partial charge in [-0.2, -0.15) is 5.10 Å². The smallest absolute Gasteiger partial charge is 0.343 e. The molecule has 9 heteroatoms. The van der Waals surface area contributed by atoms with Gasteiger partial charge in [0.15, 0.2) is 11.8 Å². The van der Waals surface area contributed by atoms with Gasteiger partial charge in [-0.15, -0.1) is 0 Å². The number of carbonyl (C=O) groups excluding carboxylic acids is 2. The number of hydrogen-bond acceptors (Lipinski definition) is 8. The third kappa shape index (κ3) is 7.45. The van der Waals surface area contributed by atoms with Gasteiger partial charge < -0.3 is 9.47 Å². The molecule has 1 aromatic carbocycles. The predicted molar refractivity (Wildman–Crippen MR) is 102 cm³/mol. The summed E-state index contributed by atoms with van der Waals surface area (Å²) in [5, 5.41) is 4.48. The number of esters is 1. The first kappa shape index (κ1) is 20.4. The van der Waals surface area contributed by atoms with Crippen LogP contribution in [0.2, 0.25) is 0 Å². The summed E-state index contributed by atoms with van der Waals surface area (Å²) in [4.78, 5) is 31.4. The van der Waals surface area contributed by atoms with Crippen molar-refractivity contribution in [2.75, 3.05) is 19.5 Å². The second-order valence-corrected chi connectivity index (χ2v) is 6.39. The van der Waals surface area contributed by atoms with E-state index in [-0.39, 0.29) is 18.3 Å². The molecule has 8 nitrogen and oxygen atoms in total. The number of carbonyl (C=O) groups is 2. The van der Waals surface area contributed by atoms with Crippen molar-refractivity contribution >= 4 is 29.9 Å². The highest BCUT2D eigenvalue weighted by Crippen LogP contribution is 2.13. The summed E-state index contributed by atoms with van der Waals surface area (Å²) in [6.45, 7) is 3.62. The minimum absolute atomic E-state index is 0.151. The molecular weight excluding hydrogens is 368 g/mol. The predicted octanol–water partition coefficient (Wildman–Crippen LogP) is 1.89. The van der Waals surface area contributed by atoms with E-state index >= 15 is 0 Å².